The molecule has 0 atom stereocenters. The number of anilines is 1. The molecule has 1 aliphatic heterocycles. The number of hydrogen-bond donors (Lipinski definition) is 1. The third-order valence-electron chi connectivity index (χ3n) is 3.36. The predicted octanol–water partition coefficient (Wildman–Crippen LogP) is 3.64. The molecule has 1 saturated heterocycles. The summed E-state index contributed by atoms with van der Waals surface area (Å²) in [6.07, 6.45) is 1.66. The van der Waals surface area contributed by atoms with E-state index in [1.165, 1.54) is 12.1 Å². The van der Waals surface area contributed by atoms with Crippen LogP contribution in [-0.2, 0) is 11.3 Å². The van der Waals surface area contributed by atoms with Gasteiger partial charge >= 0.3 is 0 Å². The molecular formula is C17H13FN2O2S. The molecule has 2 N–H and O–H groups in total. The largest absolute Gasteiger partial charge is 0.399 e. The van der Waals surface area contributed by atoms with Crippen molar-refractivity contribution >= 4 is 34.7 Å². The average molecular weight is 328 g/mol. The van der Waals surface area contributed by atoms with E-state index in [-0.39, 0.29) is 23.5 Å². The minimum absolute atomic E-state index is 0.129. The number of thioether (sulfide) groups is 1. The Bertz CT molecular complexity index is 785. The predicted molar refractivity (Wildman–Crippen MR) is 88.8 cm³/mol. The first-order valence-electron chi connectivity index (χ1n) is 6.88. The van der Waals surface area contributed by atoms with Gasteiger partial charge in [-0.1, -0.05) is 24.3 Å². The Morgan fingerprint density at radius 2 is 1.70 bits per heavy atom. The van der Waals surface area contributed by atoms with Crippen LogP contribution in [0.1, 0.15) is 11.1 Å². The highest BCUT2D eigenvalue weighted by atomic mass is 32.2. The molecule has 23 heavy (non-hydrogen) atoms. The van der Waals surface area contributed by atoms with Crippen LogP contribution in [0.3, 0.4) is 0 Å². The summed E-state index contributed by atoms with van der Waals surface area (Å²) in [6, 6.07) is 12.7. The second-order valence-electron chi connectivity index (χ2n) is 5.06. The second kappa shape index (κ2) is 6.26. The molecule has 0 bridgehead atoms. The summed E-state index contributed by atoms with van der Waals surface area (Å²) < 4.78 is 12.9. The standard InChI is InChI=1S/C17H13FN2O2S/c18-13-5-1-12(2-6-13)10-20-16(21)15(23-17(20)22)9-11-3-7-14(19)8-4-11/h1-9H,10,19H2/b15-9-. The van der Waals surface area contributed by atoms with Crippen LogP contribution in [-0.4, -0.2) is 16.0 Å². The highest BCUT2D eigenvalue weighted by molar-refractivity contribution is 8.18. The zero-order valence-corrected chi connectivity index (χ0v) is 12.8. The van der Waals surface area contributed by atoms with Gasteiger partial charge in [0, 0.05) is 5.69 Å². The molecular weight excluding hydrogens is 315 g/mol. The van der Waals surface area contributed by atoms with E-state index in [1.54, 1.807) is 42.5 Å². The molecule has 2 aromatic rings. The quantitative estimate of drug-likeness (QED) is 0.690. The summed E-state index contributed by atoms with van der Waals surface area (Å²) in [5.41, 5.74) is 7.75. The van der Waals surface area contributed by atoms with Gasteiger partial charge < -0.3 is 5.73 Å². The lowest BCUT2D eigenvalue weighted by Gasteiger charge is -2.12. The van der Waals surface area contributed by atoms with E-state index in [0.29, 0.717) is 16.2 Å². The zero-order valence-electron chi connectivity index (χ0n) is 12.0. The fraction of sp³-hybridized carbons (Fsp3) is 0.0588. The molecule has 0 saturated carbocycles. The van der Waals surface area contributed by atoms with Gasteiger partial charge in [0.2, 0.25) is 0 Å². The lowest BCUT2D eigenvalue weighted by atomic mass is 10.2. The number of halogens is 1. The summed E-state index contributed by atoms with van der Waals surface area (Å²) in [4.78, 5) is 25.9. The van der Waals surface area contributed by atoms with Crippen LogP contribution >= 0.6 is 11.8 Å². The fourth-order valence-electron chi connectivity index (χ4n) is 2.15. The van der Waals surface area contributed by atoms with Crippen LogP contribution in [0.25, 0.3) is 6.08 Å². The zero-order chi connectivity index (χ0) is 16.4. The molecule has 0 aliphatic carbocycles. The minimum Gasteiger partial charge on any atom is -0.399 e. The minimum atomic E-state index is -0.355. The summed E-state index contributed by atoms with van der Waals surface area (Å²) >= 11 is 0.896. The van der Waals surface area contributed by atoms with Gasteiger partial charge in [0.25, 0.3) is 11.1 Å². The van der Waals surface area contributed by atoms with Gasteiger partial charge in [0.05, 0.1) is 11.4 Å². The number of rotatable bonds is 3. The van der Waals surface area contributed by atoms with E-state index in [2.05, 4.69) is 0 Å². The van der Waals surface area contributed by atoms with Gasteiger partial charge in [-0.3, -0.25) is 14.5 Å². The van der Waals surface area contributed by atoms with Crippen LogP contribution in [0.5, 0.6) is 0 Å². The Kier molecular flexibility index (Phi) is 4.16. The number of carbonyl (C=O) groups is 2. The van der Waals surface area contributed by atoms with Gasteiger partial charge in [-0.2, -0.15) is 0 Å². The molecule has 0 spiro atoms. The van der Waals surface area contributed by atoms with E-state index >= 15 is 0 Å². The Balaban J connectivity index is 1.79. The van der Waals surface area contributed by atoms with E-state index in [4.69, 9.17) is 5.73 Å². The second-order valence-corrected chi connectivity index (χ2v) is 6.05. The van der Waals surface area contributed by atoms with Crippen molar-refractivity contribution in [2.75, 3.05) is 5.73 Å². The van der Waals surface area contributed by atoms with E-state index in [9.17, 15) is 14.0 Å². The number of carbonyl (C=O) groups excluding carboxylic acids is 2. The first-order chi connectivity index (χ1) is 11.0. The number of nitrogens with two attached hydrogens (primary N) is 1. The Hall–Kier alpha value is -2.60. The summed E-state index contributed by atoms with van der Waals surface area (Å²) in [5, 5.41) is -0.332. The van der Waals surface area contributed by atoms with Gasteiger partial charge in [0.1, 0.15) is 5.82 Å². The van der Waals surface area contributed by atoms with Crippen molar-refractivity contribution in [2.45, 2.75) is 6.54 Å². The highest BCUT2D eigenvalue weighted by Crippen LogP contribution is 2.33. The Labute approximate surface area is 136 Å². The molecule has 116 valence electrons. The van der Waals surface area contributed by atoms with Crippen molar-refractivity contribution in [3.8, 4) is 0 Å². The van der Waals surface area contributed by atoms with Crippen molar-refractivity contribution in [3.63, 3.8) is 0 Å². The van der Waals surface area contributed by atoms with Crippen LogP contribution < -0.4 is 5.73 Å². The number of nitrogens with zero attached hydrogens (tertiary/aromatic N) is 1. The first-order valence-corrected chi connectivity index (χ1v) is 7.70. The van der Waals surface area contributed by atoms with E-state index in [0.717, 1.165) is 22.2 Å². The molecule has 4 nitrogen and oxygen atoms in total. The van der Waals surface area contributed by atoms with Crippen LogP contribution in [0.4, 0.5) is 14.9 Å². The molecule has 3 rings (SSSR count). The maximum Gasteiger partial charge on any atom is 0.293 e. The van der Waals surface area contributed by atoms with Crippen molar-refractivity contribution < 1.29 is 14.0 Å². The Morgan fingerprint density at radius 1 is 1.04 bits per heavy atom. The molecule has 1 fully saturated rings. The molecule has 1 aliphatic rings. The number of imide groups is 1. The van der Waals surface area contributed by atoms with Crippen LogP contribution in [0, 0.1) is 5.82 Å². The van der Waals surface area contributed by atoms with Crippen molar-refractivity contribution in [3.05, 3.63) is 70.4 Å². The number of nitrogen functional groups attached to an aromatic ring is 1. The van der Waals surface area contributed by atoms with Gasteiger partial charge in [-0.05, 0) is 53.2 Å². The van der Waals surface area contributed by atoms with Gasteiger partial charge in [-0.15, -0.1) is 0 Å². The lowest BCUT2D eigenvalue weighted by molar-refractivity contribution is -0.123. The molecule has 2 aromatic carbocycles. The summed E-state index contributed by atoms with van der Waals surface area (Å²) in [5.74, 6) is -0.702. The highest BCUT2D eigenvalue weighted by Gasteiger charge is 2.34. The SMILES string of the molecule is Nc1ccc(/C=C2\SC(=O)N(Cc3ccc(F)cc3)C2=O)cc1. The topological polar surface area (TPSA) is 63.4 Å². The summed E-state index contributed by atoms with van der Waals surface area (Å²) in [6.45, 7) is 0.129. The lowest BCUT2D eigenvalue weighted by Crippen LogP contribution is -2.27. The van der Waals surface area contributed by atoms with E-state index < -0.39 is 0 Å². The molecule has 0 radical (unpaired) electrons. The normalized spacial score (nSPS) is 16.4. The maximum absolute atomic E-state index is 12.9. The van der Waals surface area contributed by atoms with Crippen LogP contribution in [0.15, 0.2) is 53.4 Å². The third-order valence-corrected chi connectivity index (χ3v) is 4.27. The number of hydrogen-bond acceptors (Lipinski definition) is 4. The van der Waals surface area contributed by atoms with Crippen molar-refractivity contribution in [1.29, 1.82) is 0 Å². The Morgan fingerprint density at radius 3 is 2.35 bits per heavy atom. The van der Waals surface area contributed by atoms with Crippen molar-refractivity contribution in [2.24, 2.45) is 0 Å². The number of benzene rings is 2. The van der Waals surface area contributed by atoms with Gasteiger partial charge in [-0.25, -0.2) is 4.39 Å². The monoisotopic (exact) mass is 328 g/mol. The number of amides is 2. The molecule has 0 unspecified atom stereocenters. The first kappa shape index (κ1) is 15.3. The fourth-order valence-corrected chi connectivity index (χ4v) is 2.99. The average Bonchev–Trinajstić information content (AvgIpc) is 2.79. The van der Waals surface area contributed by atoms with Crippen LogP contribution in [0.2, 0.25) is 0 Å². The molecule has 2 amide bonds. The summed E-state index contributed by atoms with van der Waals surface area (Å²) in [7, 11) is 0. The van der Waals surface area contributed by atoms with Gasteiger partial charge in [0.15, 0.2) is 0 Å². The van der Waals surface area contributed by atoms with Crippen molar-refractivity contribution in [1.82, 2.24) is 4.90 Å². The molecule has 6 heteroatoms. The molecule has 1 heterocycles. The molecule has 0 aromatic heterocycles. The van der Waals surface area contributed by atoms with E-state index in [1.807, 2.05) is 0 Å². The maximum atomic E-state index is 12.9. The third kappa shape index (κ3) is 3.43. The smallest absolute Gasteiger partial charge is 0.293 e.